The van der Waals surface area contributed by atoms with Gasteiger partial charge in [-0.1, -0.05) is 0 Å². The van der Waals surface area contributed by atoms with Crippen molar-refractivity contribution in [3.63, 3.8) is 0 Å². The lowest BCUT2D eigenvalue weighted by atomic mass is 10.3. The van der Waals surface area contributed by atoms with Gasteiger partial charge >= 0.3 is 11.9 Å². The van der Waals surface area contributed by atoms with Crippen molar-refractivity contribution in [2.45, 2.75) is 25.7 Å². The van der Waals surface area contributed by atoms with Crippen LogP contribution >= 0.6 is 0 Å². The van der Waals surface area contributed by atoms with Crippen LogP contribution < -0.4 is 0 Å². The van der Waals surface area contributed by atoms with Crippen molar-refractivity contribution >= 4 is 11.9 Å². The fourth-order valence-electron chi connectivity index (χ4n) is 3.10. The Morgan fingerprint density at radius 3 is 1.46 bits per heavy atom. The van der Waals surface area contributed by atoms with Crippen molar-refractivity contribution in [3.05, 3.63) is 12.2 Å². The Hall–Kier alpha value is -1.48. The number of hydrogen-bond acceptors (Lipinski definition) is 8. The van der Waals surface area contributed by atoms with Crippen LogP contribution in [-0.2, 0) is 28.5 Å². The van der Waals surface area contributed by atoms with Gasteiger partial charge in [0.05, 0.1) is 39.6 Å². The lowest BCUT2D eigenvalue weighted by Crippen LogP contribution is -2.36. The summed E-state index contributed by atoms with van der Waals surface area (Å²) in [6.45, 7) is 9.78. The van der Waals surface area contributed by atoms with Crippen molar-refractivity contribution < 1.29 is 28.5 Å². The predicted octanol–water partition coefficient (Wildman–Crippen LogP) is 0.854. The van der Waals surface area contributed by atoms with Gasteiger partial charge < -0.3 is 18.9 Å². The highest BCUT2D eigenvalue weighted by Gasteiger charge is 2.10. The molecule has 2 heterocycles. The third-order valence-corrected chi connectivity index (χ3v) is 4.79. The molecule has 2 saturated heterocycles. The highest BCUT2D eigenvalue weighted by molar-refractivity contribution is 5.91. The molecule has 0 atom stereocenters. The fraction of sp³-hybridized carbons (Fsp3) is 0.800. The lowest BCUT2D eigenvalue weighted by molar-refractivity contribution is -0.140. The molecule has 0 amide bonds. The molecule has 0 aromatic heterocycles. The summed E-state index contributed by atoms with van der Waals surface area (Å²) in [4.78, 5) is 27.9. The minimum absolute atomic E-state index is 0.365. The first-order chi connectivity index (χ1) is 13.7. The van der Waals surface area contributed by atoms with E-state index in [0.29, 0.717) is 13.2 Å². The van der Waals surface area contributed by atoms with E-state index in [-0.39, 0.29) is 0 Å². The molecule has 2 aliphatic heterocycles. The van der Waals surface area contributed by atoms with Crippen LogP contribution in [0.3, 0.4) is 0 Å². The summed E-state index contributed by atoms with van der Waals surface area (Å²) >= 11 is 0. The minimum Gasteiger partial charge on any atom is -0.463 e. The van der Waals surface area contributed by atoms with Gasteiger partial charge in [0.25, 0.3) is 0 Å². The third kappa shape index (κ3) is 10.8. The van der Waals surface area contributed by atoms with Crippen molar-refractivity contribution in [2.75, 3.05) is 78.9 Å². The summed E-state index contributed by atoms with van der Waals surface area (Å²) in [5.41, 5.74) is 0. The third-order valence-electron chi connectivity index (χ3n) is 4.79. The number of ether oxygens (including phenoxy) is 4. The Balaban J connectivity index is 1.40. The Labute approximate surface area is 167 Å². The Kier molecular flexibility index (Phi) is 11.8. The molecule has 2 fully saturated rings. The Morgan fingerprint density at radius 1 is 0.679 bits per heavy atom. The zero-order valence-corrected chi connectivity index (χ0v) is 16.8. The molecule has 0 saturated carbocycles. The van der Waals surface area contributed by atoms with E-state index in [1.807, 2.05) is 0 Å². The van der Waals surface area contributed by atoms with Gasteiger partial charge in [0.1, 0.15) is 0 Å². The quantitative estimate of drug-likeness (QED) is 0.272. The zero-order valence-electron chi connectivity index (χ0n) is 16.8. The van der Waals surface area contributed by atoms with Crippen LogP contribution in [0.4, 0.5) is 0 Å². The smallest absolute Gasteiger partial charge is 0.331 e. The first-order valence-electron chi connectivity index (χ1n) is 10.4. The van der Waals surface area contributed by atoms with E-state index in [4.69, 9.17) is 18.9 Å². The molecule has 0 N–H and O–H groups in total. The summed E-state index contributed by atoms with van der Waals surface area (Å²) < 4.78 is 20.8. The second-order valence-corrected chi connectivity index (χ2v) is 6.99. The summed E-state index contributed by atoms with van der Waals surface area (Å²) in [6, 6.07) is 0. The second kappa shape index (κ2) is 14.5. The molecule has 0 aliphatic carbocycles. The maximum absolute atomic E-state index is 11.6. The summed E-state index contributed by atoms with van der Waals surface area (Å²) in [5.74, 6) is -1.01. The van der Waals surface area contributed by atoms with Crippen molar-refractivity contribution in [2.24, 2.45) is 0 Å². The molecule has 28 heavy (non-hydrogen) atoms. The highest BCUT2D eigenvalue weighted by atomic mass is 16.5. The molecule has 8 heteroatoms. The van der Waals surface area contributed by atoms with Crippen LogP contribution in [0, 0.1) is 0 Å². The van der Waals surface area contributed by atoms with Gasteiger partial charge in [-0.2, -0.15) is 0 Å². The van der Waals surface area contributed by atoms with Gasteiger partial charge in [-0.25, -0.2) is 9.59 Å². The Morgan fingerprint density at radius 2 is 1.07 bits per heavy atom. The number of morpholine rings is 2. The first kappa shape index (κ1) is 22.8. The van der Waals surface area contributed by atoms with Gasteiger partial charge in [-0.3, -0.25) is 9.80 Å². The average Bonchev–Trinajstić information content (AvgIpc) is 2.73. The average molecular weight is 399 g/mol. The van der Waals surface area contributed by atoms with Crippen molar-refractivity contribution in [1.82, 2.24) is 9.80 Å². The Bertz CT molecular complexity index is 431. The number of nitrogens with zero attached hydrogens (tertiary/aromatic N) is 2. The van der Waals surface area contributed by atoms with Crippen molar-refractivity contribution in [3.8, 4) is 0 Å². The van der Waals surface area contributed by atoms with Gasteiger partial charge in [0.15, 0.2) is 0 Å². The number of esters is 2. The second-order valence-electron chi connectivity index (χ2n) is 6.99. The van der Waals surface area contributed by atoms with E-state index in [0.717, 1.165) is 104 Å². The van der Waals surface area contributed by atoms with Gasteiger partial charge in [-0.15, -0.1) is 0 Å². The standard InChI is InChI=1S/C20H34N2O6/c23-19(27-13-3-1-7-21-9-15-25-16-10-21)5-6-20(24)28-14-4-2-8-22-11-17-26-18-12-22/h5-6H,1-4,7-18H2/b6-5+. The maximum atomic E-state index is 11.6. The van der Waals surface area contributed by atoms with E-state index >= 15 is 0 Å². The van der Waals surface area contributed by atoms with Crippen LogP contribution in [0.1, 0.15) is 25.7 Å². The monoisotopic (exact) mass is 398 g/mol. The van der Waals surface area contributed by atoms with E-state index in [2.05, 4.69) is 9.80 Å². The number of carbonyl (C=O) groups excluding carboxylic acids is 2. The van der Waals surface area contributed by atoms with Crippen LogP contribution in [0.15, 0.2) is 12.2 Å². The first-order valence-corrected chi connectivity index (χ1v) is 10.4. The molecule has 160 valence electrons. The molecular formula is C20H34N2O6. The fourth-order valence-corrected chi connectivity index (χ4v) is 3.10. The molecule has 0 spiro atoms. The van der Waals surface area contributed by atoms with E-state index in [9.17, 15) is 9.59 Å². The SMILES string of the molecule is O=C(/C=C/C(=O)OCCCCN1CCOCC1)OCCCCN1CCOCC1. The minimum atomic E-state index is -0.504. The van der Waals surface area contributed by atoms with Crippen LogP contribution in [0.5, 0.6) is 0 Å². The lowest BCUT2D eigenvalue weighted by Gasteiger charge is -2.26. The zero-order chi connectivity index (χ0) is 19.9. The predicted molar refractivity (Wildman–Crippen MR) is 104 cm³/mol. The molecule has 2 rings (SSSR count). The molecule has 0 aromatic rings. The molecular weight excluding hydrogens is 364 g/mol. The maximum Gasteiger partial charge on any atom is 0.331 e. The van der Waals surface area contributed by atoms with Crippen molar-refractivity contribution in [1.29, 1.82) is 0 Å². The summed E-state index contributed by atoms with van der Waals surface area (Å²) in [6.07, 6.45) is 5.85. The van der Waals surface area contributed by atoms with Gasteiger partial charge in [0, 0.05) is 38.3 Å². The molecule has 0 aromatic carbocycles. The molecule has 0 bridgehead atoms. The molecule has 0 radical (unpaired) electrons. The van der Waals surface area contributed by atoms with E-state index in [1.165, 1.54) is 0 Å². The van der Waals surface area contributed by atoms with Crippen LogP contribution in [0.2, 0.25) is 0 Å². The number of hydrogen-bond donors (Lipinski definition) is 0. The van der Waals surface area contributed by atoms with Gasteiger partial charge in [0.2, 0.25) is 0 Å². The summed E-state index contributed by atoms with van der Waals surface area (Å²) in [7, 11) is 0. The number of carbonyl (C=O) groups is 2. The van der Waals surface area contributed by atoms with Crippen LogP contribution in [0.25, 0.3) is 0 Å². The van der Waals surface area contributed by atoms with Crippen LogP contribution in [-0.4, -0.2) is 101 Å². The molecule has 8 nitrogen and oxygen atoms in total. The summed E-state index contributed by atoms with van der Waals surface area (Å²) in [5, 5.41) is 0. The number of unbranched alkanes of at least 4 members (excludes halogenated alkanes) is 2. The van der Waals surface area contributed by atoms with E-state index in [1.54, 1.807) is 0 Å². The normalized spacial score (nSPS) is 19.0. The van der Waals surface area contributed by atoms with E-state index < -0.39 is 11.9 Å². The largest absolute Gasteiger partial charge is 0.463 e. The van der Waals surface area contributed by atoms with Gasteiger partial charge in [-0.05, 0) is 38.8 Å². The topological polar surface area (TPSA) is 77.5 Å². The molecule has 2 aliphatic rings. The molecule has 0 unspecified atom stereocenters. The highest BCUT2D eigenvalue weighted by Crippen LogP contribution is 2.02. The number of rotatable bonds is 12.